The molecule has 7 nitrogen and oxygen atoms in total. The SMILES string of the molecule is C/C(=N/NC(=O)[C@H]1CCCN(S(=O)(=O)c2ccccc2)C1)c1ccccn1. The Hall–Kier alpha value is -2.58. The summed E-state index contributed by atoms with van der Waals surface area (Å²) < 4.78 is 26.9. The number of pyridine rings is 1. The molecule has 27 heavy (non-hydrogen) atoms. The average Bonchev–Trinajstić information content (AvgIpc) is 2.73. The van der Waals surface area contributed by atoms with Gasteiger partial charge in [0.25, 0.3) is 0 Å². The molecular formula is C19H22N4O3S. The van der Waals surface area contributed by atoms with Crippen molar-refractivity contribution in [1.29, 1.82) is 0 Å². The van der Waals surface area contributed by atoms with Gasteiger partial charge in [-0.15, -0.1) is 0 Å². The second-order valence-corrected chi connectivity index (χ2v) is 8.34. The monoisotopic (exact) mass is 386 g/mol. The lowest BCUT2D eigenvalue weighted by Gasteiger charge is -2.30. The molecule has 0 spiro atoms. The van der Waals surface area contributed by atoms with Gasteiger partial charge in [0, 0.05) is 19.3 Å². The van der Waals surface area contributed by atoms with E-state index in [2.05, 4.69) is 15.5 Å². The Labute approximate surface area is 159 Å². The third kappa shape index (κ3) is 4.58. The summed E-state index contributed by atoms with van der Waals surface area (Å²) in [6.07, 6.45) is 2.92. The number of carbonyl (C=O) groups excluding carboxylic acids is 1. The number of carbonyl (C=O) groups is 1. The van der Waals surface area contributed by atoms with Gasteiger partial charge in [-0.3, -0.25) is 9.78 Å². The Kier molecular flexibility index (Phi) is 5.98. The molecule has 1 aliphatic heterocycles. The van der Waals surface area contributed by atoms with Gasteiger partial charge in [0.1, 0.15) is 0 Å². The summed E-state index contributed by atoms with van der Waals surface area (Å²) in [6, 6.07) is 13.7. The van der Waals surface area contributed by atoms with Crippen molar-refractivity contribution in [2.24, 2.45) is 11.0 Å². The molecule has 0 aliphatic carbocycles. The van der Waals surface area contributed by atoms with Crippen LogP contribution in [0.2, 0.25) is 0 Å². The van der Waals surface area contributed by atoms with Crippen LogP contribution < -0.4 is 5.43 Å². The number of nitrogens with zero attached hydrogens (tertiary/aromatic N) is 3. The van der Waals surface area contributed by atoms with Crippen molar-refractivity contribution in [3.8, 4) is 0 Å². The van der Waals surface area contributed by atoms with E-state index in [1.165, 1.54) is 4.31 Å². The molecule has 2 heterocycles. The van der Waals surface area contributed by atoms with Crippen molar-refractivity contribution in [1.82, 2.24) is 14.7 Å². The lowest BCUT2D eigenvalue weighted by molar-refractivity contribution is -0.126. The second kappa shape index (κ2) is 8.41. The first-order valence-corrected chi connectivity index (χ1v) is 10.2. The molecule has 0 saturated carbocycles. The van der Waals surface area contributed by atoms with E-state index >= 15 is 0 Å². The zero-order valence-electron chi connectivity index (χ0n) is 15.1. The molecule has 1 aliphatic rings. The summed E-state index contributed by atoms with van der Waals surface area (Å²) >= 11 is 0. The largest absolute Gasteiger partial charge is 0.273 e. The van der Waals surface area contributed by atoms with E-state index in [1.807, 2.05) is 6.07 Å². The van der Waals surface area contributed by atoms with Gasteiger partial charge in [-0.25, -0.2) is 13.8 Å². The van der Waals surface area contributed by atoms with Crippen molar-refractivity contribution in [2.75, 3.05) is 13.1 Å². The zero-order chi connectivity index (χ0) is 19.3. The molecule has 3 rings (SSSR count). The summed E-state index contributed by atoms with van der Waals surface area (Å²) in [5.41, 5.74) is 3.82. The van der Waals surface area contributed by atoms with E-state index < -0.39 is 15.9 Å². The van der Waals surface area contributed by atoms with Gasteiger partial charge in [-0.2, -0.15) is 9.41 Å². The third-order valence-electron chi connectivity index (χ3n) is 4.51. The molecule has 142 valence electrons. The molecule has 0 bridgehead atoms. The number of hydrazone groups is 1. The van der Waals surface area contributed by atoms with Crippen LogP contribution in [0.5, 0.6) is 0 Å². The molecule has 1 amide bonds. The zero-order valence-corrected chi connectivity index (χ0v) is 15.9. The summed E-state index contributed by atoms with van der Waals surface area (Å²) in [6.45, 7) is 2.33. The number of sulfonamides is 1. The highest BCUT2D eigenvalue weighted by molar-refractivity contribution is 7.89. The Balaban J connectivity index is 1.66. The smallest absolute Gasteiger partial charge is 0.244 e. The number of benzene rings is 1. The number of nitrogens with one attached hydrogen (secondary N) is 1. The van der Waals surface area contributed by atoms with Crippen LogP contribution in [-0.4, -0.2) is 42.4 Å². The van der Waals surface area contributed by atoms with Gasteiger partial charge in [0.05, 0.1) is 22.2 Å². The first-order valence-electron chi connectivity index (χ1n) is 8.79. The second-order valence-electron chi connectivity index (χ2n) is 6.40. The predicted octanol–water partition coefficient (Wildman–Crippen LogP) is 2.02. The van der Waals surface area contributed by atoms with Crippen LogP contribution in [0.1, 0.15) is 25.5 Å². The van der Waals surface area contributed by atoms with Crippen LogP contribution in [0.15, 0.2) is 64.7 Å². The quantitative estimate of drug-likeness (QED) is 0.629. The third-order valence-corrected chi connectivity index (χ3v) is 6.38. The average molecular weight is 386 g/mol. The number of amides is 1. The normalized spacial score (nSPS) is 18.9. The molecule has 2 aromatic rings. The maximum atomic E-state index is 12.8. The minimum atomic E-state index is -3.60. The van der Waals surface area contributed by atoms with Crippen molar-refractivity contribution < 1.29 is 13.2 Å². The van der Waals surface area contributed by atoms with Crippen molar-refractivity contribution in [3.05, 3.63) is 60.4 Å². The topological polar surface area (TPSA) is 91.7 Å². The fraction of sp³-hybridized carbons (Fsp3) is 0.316. The van der Waals surface area contributed by atoms with E-state index in [9.17, 15) is 13.2 Å². The van der Waals surface area contributed by atoms with E-state index in [4.69, 9.17) is 0 Å². The Morgan fingerprint density at radius 2 is 1.93 bits per heavy atom. The molecule has 1 N–H and O–H groups in total. The molecular weight excluding hydrogens is 364 g/mol. The van der Waals surface area contributed by atoms with Crippen molar-refractivity contribution in [3.63, 3.8) is 0 Å². The number of hydrogen-bond acceptors (Lipinski definition) is 5. The highest BCUT2D eigenvalue weighted by Gasteiger charge is 2.33. The number of piperidine rings is 1. The molecule has 0 radical (unpaired) electrons. The van der Waals surface area contributed by atoms with E-state index in [0.717, 1.165) is 0 Å². The van der Waals surface area contributed by atoms with E-state index in [1.54, 1.807) is 55.6 Å². The van der Waals surface area contributed by atoms with Gasteiger partial charge in [0.15, 0.2) is 0 Å². The summed E-state index contributed by atoms with van der Waals surface area (Å²) in [5, 5.41) is 4.10. The number of aromatic nitrogens is 1. The van der Waals surface area contributed by atoms with Crippen LogP contribution in [0, 0.1) is 5.92 Å². The maximum Gasteiger partial charge on any atom is 0.244 e. The van der Waals surface area contributed by atoms with Crippen LogP contribution in [0.25, 0.3) is 0 Å². The highest BCUT2D eigenvalue weighted by atomic mass is 32.2. The first-order chi connectivity index (χ1) is 13.0. The van der Waals surface area contributed by atoms with Gasteiger partial charge >= 0.3 is 0 Å². The van der Waals surface area contributed by atoms with Gasteiger partial charge in [-0.1, -0.05) is 24.3 Å². The predicted molar refractivity (Wildman–Crippen MR) is 103 cm³/mol. The van der Waals surface area contributed by atoms with E-state index in [0.29, 0.717) is 30.8 Å². The Bertz CT molecular complexity index is 914. The molecule has 8 heteroatoms. The minimum absolute atomic E-state index is 0.154. The van der Waals surface area contributed by atoms with Crippen molar-refractivity contribution in [2.45, 2.75) is 24.7 Å². The van der Waals surface area contributed by atoms with Gasteiger partial charge < -0.3 is 0 Å². The lowest BCUT2D eigenvalue weighted by Crippen LogP contribution is -2.44. The fourth-order valence-corrected chi connectivity index (χ4v) is 4.53. The molecule has 1 fully saturated rings. The lowest BCUT2D eigenvalue weighted by atomic mass is 9.99. The van der Waals surface area contributed by atoms with Crippen LogP contribution in [0.3, 0.4) is 0 Å². The standard InChI is InChI=1S/C19H22N4O3S/c1-15(18-11-5-6-12-20-18)21-22-19(24)16-8-7-13-23(14-16)27(25,26)17-9-3-2-4-10-17/h2-6,9-12,16H,7-8,13-14H2,1H3,(H,22,24)/b21-15-/t16-/m0/s1. The Morgan fingerprint density at radius 1 is 1.19 bits per heavy atom. The van der Waals surface area contributed by atoms with Crippen LogP contribution >= 0.6 is 0 Å². The molecule has 1 aromatic heterocycles. The molecule has 1 aromatic carbocycles. The van der Waals surface area contributed by atoms with Crippen LogP contribution in [-0.2, 0) is 14.8 Å². The minimum Gasteiger partial charge on any atom is -0.273 e. The van der Waals surface area contributed by atoms with Gasteiger partial charge in [0.2, 0.25) is 15.9 Å². The summed E-state index contributed by atoms with van der Waals surface area (Å²) in [4.78, 5) is 16.9. The maximum absolute atomic E-state index is 12.8. The number of rotatable bonds is 5. The fourth-order valence-electron chi connectivity index (χ4n) is 2.98. The number of hydrogen-bond donors (Lipinski definition) is 1. The van der Waals surface area contributed by atoms with E-state index in [-0.39, 0.29) is 17.3 Å². The summed E-state index contributed by atoms with van der Waals surface area (Å²) in [5.74, 6) is -0.712. The highest BCUT2D eigenvalue weighted by Crippen LogP contribution is 2.23. The molecule has 1 atom stereocenters. The summed E-state index contributed by atoms with van der Waals surface area (Å²) in [7, 11) is -3.60. The molecule has 0 unspecified atom stereocenters. The Morgan fingerprint density at radius 3 is 2.63 bits per heavy atom. The molecule has 1 saturated heterocycles. The van der Waals surface area contributed by atoms with Gasteiger partial charge in [-0.05, 0) is 44.0 Å². The van der Waals surface area contributed by atoms with Crippen molar-refractivity contribution >= 4 is 21.6 Å². The first kappa shape index (κ1) is 19.2. The van der Waals surface area contributed by atoms with Crippen LogP contribution in [0.4, 0.5) is 0 Å².